The Morgan fingerprint density at radius 3 is 2.84 bits per heavy atom. The lowest BCUT2D eigenvalue weighted by Crippen LogP contribution is -2.39. The topological polar surface area (TPSA) is 63.4 Å². The molecule has 1 aromatic carbocycles. The van der Waals surface area contributed by atoms with Gasteiger partial charge in [0.25, 0.3) is 0 Å². The Hall–Kier alpha value is -0.980. The van der Waals surface area contributed by atoms with E-state index in [0.717, 1.165) is 18.9 Å². The minimum Gasteiger partial charge on any atom is -0.326 e. The molecule has 0 spiro atoms. The third-order valence-corrected chi connectivity index (χ3v) is 5.43. The van der Waals surface area contributed by atoms with Gasteiger partial charge in [0, 0.05) is 19.6 Å². The molecule has 1 aromatic rings. The van der Waals surface area contributed by atoms with Crippen LogP contribution in [0.1, 0.15) is 25.3 Å². The lowest BCUT2D eigenvalue weighted by molar-refractivity contribution is 0.281. The van der Waals surface area contributed by atoms with Crippen molar-refractivity contribution in [3.63, 3.8) is 0 Å². The highest BCUT2D eigenvalue weighted by molar-refractivity contribution is 7.89. The molecule has 1 atom stereocenters. The Kier molecular flexibility index (Phi) is 4.23. The van der Waals surface area contributed by atoms with Crippen molar-refractivity contribution < 1.29 is 12.8 Å². The third-order valence-electron chi connectivity index (χ3n) is 3.49. The molecule has 4 nitrogen and oxygen atoms in total. The maximum atomic E-state index is 13.3. The molecule has 0 amide bonds. The van der Waals surface area contributed by atoms with Crippen LogP contribution in [0.5, 0.6) is 0 Å². The molecule has 0 bridgehead atoms. The number of hydrogen-bond acceptors (Lipinski definition) is 3. The Labute approximate surface area is 113 Å². The number of benzene rings is 1. The van der Waals surface area contributed by atoms with Gasteiger partial charge in [0.15, 0.2) is 0 Å². The Balaban J connectivity index is 2.41. The van der Waals surface area contributed by atoms with Crippen molar-refractivity contribution in [1.82, 2.24) is 4.31 Å². The highest BCUT2D eigenvalue weighted by atomic mass is 32.2. The molecular formula is C13H19FN2O2S. The zero-order valence-corrected chi connectivity index (χ0v) is 11.8. The van der Waals surface area contributed by atoms with E-state index in [2.05, 4.69) is 0 Å². The van der Waals surface area contributed by atoms with Crippen LogP contribution in [0.25, 0.3) is 0 Å². The van der Waals surface area contributed by atoms with E-state index < -0.39 is 15.8 Å². The van der Waals surface area contributed by atoms with E-state index in [9.17, 15) is 12.8 Å². The Bertz CT molecular complexity index is 560. The van der Waals surface area contributed by atoms with E-state index in [0.29, 0.717) is 24.6 Å². The molecule has 1 aliphatic rings. The van der Waals surface area contributed by atoms with Gasteiger partial charge in [0.2, 0.25) is 10.0 Å². The molecule has 1 fully saturated rings. The molecule has 1 aliphatic heterocycles. The first kappa shape index (κ1) is 14.4. The van der Waals surface area contributed by atoms with E-state index in [1.54, 1.807) is 0 Å². The summed E-state index contributed by atoms with van der Waals surface area (Å²) in [5.74, 6) is -0.223. The fourth-order valence-corrected chi connectivity index (χ4v) is 4.28. The van der Waals surface area contributed by atoms with Gasteiger partial charge >= 0.3 is 0 Å². The molecule has 19 heavy (non-hydrogen) atoms. The average molecular weight is 286 g/mol. The lowest BCUT2D eigenvalue weighted by atomic mass is 10.0. The number of sulfonamides is 1. The molecule has 0 saturated carbocycles. The van der Waals surface area contributed by atoms with Crippen LogP contribution in [0.4, 0.5) is 4.39 Å². The summed E-state index contributed by atoms with van der Waals surface area (Å²) >= 11 is 0. The van der Waals surface area contributed by atoms with Gasteiger partial charge in [-0.2, -0.15) is 4.31 Å². The Morgan fingerprint density at radius 2 is 2.21 bits per heavy atom. The molecule has 6 heteroatoms. The normalized spacial score (nSPS) is 21.5. The van der Waals surface area contributed by atoms with E-state index in [4.69, 9.17) is 5.73 Å². The molecule has 0 radical (unpaired) electrons. The first-order valence-corrected chi connectivity index (χ1v) is 7.88. The number of nitrogens with zero attached hydrogens (tertiary/aromatic N) is 1. The molecule has 2 rings (SSSR count). The van der Waals surface area contributed by atoms with Crippen molar-refractivity contribution in [2.45, 2.75) is 31.2 Å². The predicted molar refractivity (Wildman–Crippen MR) is 71.4 cm³/mol. The molecular weight excluding hydrogens is 267 g/mol. The van der Waals surface area contributed by atoms with Gasteiger partial charge < -0.3 is 5.73 Å². The van der Waals surface area contributed by atoms with Crippen molar-refractivity contribution in [1.29, 1.82) is 0 Å². The maximum absolute atomic E-state index is 13.3. The second kappa shape index (κ2) is 5.56. The number of piperidine rings is 1. The molecule has 1 unspecified atom stereocenters. The summed E-state index contributed by atoms with van der Waals surface area (Å²) in [5, 5.41) is 0. The number of rotatable bonds is 3. The summed E-state index contributed by atoms with van der Waals surface area (Å²) < 4.78 is 39.9. The summed E-state index contributed by atoms with van der Waals surface area (Å²) in [7, 11) is -3.65. The largest absolute Gasteiger partial charge is 0.326 e. The fraction of sp³-hybridized carbons (Fsp3) is 0.538. The third kappa shape index (κ3) is 2.96. The minimum absolute atomic E-state index is 0.00380. The number of halogens is 1. The molecule has 106 valence electrons. The molecule has 2 N–H and O–H groups in total. The van der Waals surface area contributed by atoms with Crippen molar-refractivity contribution in [3.8, 4) is 0 Å². The molecule has 1 heterocycles. The maximum Gasteiger partial charge on any atom is 0.243 e. The summed E-state index contributed by atoms with van der Waals surface area (Å²) in [4.78, 5) is 0.00380. The van der Waals surface area contributed by atoms with Gasteiger partial charge in [0.05, 0.1) is 4.90 Å². The van der Waals surface area contributed by atoms with E-state index >= 15 is 0 Å². The van der Waals surface area contributed by atoms with Gasteiger partial charge in [-0.3, -0.25) is 0 Å². The van der Waals surface area contributed by atoms with Crippen LogP contribution in [0.15, 0.2) is 23.1 Å². The highest BCUT2D eigenvalue weighted by Crippen LogP contribution is 2.26. The minimum atomic E-state index is -3.65. The van der Waals surface area contributed by atoms with Crippen LogP contribution in [-0.4, -0.2) is 25.8 Å². The van der Waals surface area contributed by atoms with Crippen LogP contribution in [0, 0.1) is 11.7 Å². The van der Waals surface area contributed by atoms with Gasteiger partial charge in [-0.05, 0) is 36.5 Å². The SMILES string of the molecule is CC1CCCN(S(=O)(=O)c2cc(F)ccc2CN)C1. The average Bonchev–Trinajstić information content (AvgIpc) is 2.38. The zero-order chi connectivity index (χ0) is 14.0. The molecule has 1 saturated heterocycles. The first-order valence-electron chi connectivity index (χ1n) is 6.44. The zero-order valence-electron chi connectivity index (χ0n) is 11.0. The van der Waals surface area contributed by atoms with Crippen molar-refractivity contribution in [2.24, 2.45) is 11.7 Å². The molecule has 0 aliphatic carbocycles. The van der Waals surface area contributed by atoms with Crippen LogP contribution in [0.3, 0.4) is 0 Å². The fourth-order valence-electron chi connectivity index (χ4n) is 2.44. The molecule has 0 aromatic heterocycles. The Morgan fingerprint density at radius 1 is 1.47 bits per heavy atom. The standard InChI is InChI=1S/C13H19FN2O2S/c1-10-3-2-6-16(9-10)19(17,18)13-7-12(14)5-4-11(13)8-15/h4-5,7,10H,2-3,6,8-9,15H2,1H3. The number of hydrogen-bond donors (Lipinski definition) is 1. The van der Waals surface area contributed by atoms with Crippen LogP contribution < -0.4 is 5.73 Å². The van der Waals surface area contributed by atoms with Crippen molar-refractivity contribution >= 4 is 10.0 Å². The van der Waals surface area contributed by atoms with Crippen LogP contribution >= 0.6 is 0 Å². The monoisotopic (exact) mass is 286 g/mol. The van der Waals surface area contributed by atoms with Gasteiger partial charge in [-0.25, -0.2) is 12.8 Å². The predicted octanol–water partition coefficient (Wildman–Crippen LogP) is 1.71. The van der Waals surface area contributed by atoms with E-state index in [-0.39, 0.29) is 11.4 Å². The smallest absolute Gasteiger partial charge is 0.243 e. The van der Waals surface area contributed by atoms with E-state index in [1.807, 2.05) is 6.92 Å². The van der Waals surface area contributed by atoms with E-state index in [1.165, 1.54) is 16.4 Å². The van der Waals surface area contributed by atoms with Gasteiger partial charge in [-0.15, -0.1) is 0 Å². The van der Waals surface area contributed by atoms with Crippen LogP contribution in [-0.2, 0) is 16.6 Å². The summed E-state index contributed by atoms with van der Waals surface area (Å²) in [5.41, 5.74) is 6.01. The quantitative estimate of drug-likeness (QED) is 0.920. The van der Waals surface area contributed by atoms with Crippen LogP contribution in [0.2, 0.25) is 0 Å². The second-order valence-corrected chi connectivity index (χ2v) is 6.97. The first-order chi connectivity index (χ1) is 8.95. The highest BCUT2D eigenvalue weighted by Gasteiger charge is 2.30. The van der Waals surface area contributed by atoms with Crippen molar-refractivity contribution in [2.75, 3.05) is 13.1 Å². The summed E-state index contributed by atoms with van der Waals surface area (Å²) in [6.07, 6.45) is 1.87. The number of nitrogens with two attached hydrogens (primary N) is 1. The summed E-state index contributed by atoms with van der Waals surface area (Å²) in [6.45, 7) is 3.09. The second-order valence-electron chi connectivity index (χ2n) is 5.07. The van der Waals surface area contributed by atoms with Crippen molar-refractivity contribution in [3.05, 3.63) is 29.6 Å². The summed E-state index contributed by atoms with van der Waals surface area (Å²) in [6, 6.07) is 3.74. The lowest BCUT2D eigenvalue weighted by Gasteiger charge is -2.30. The van der Waals surface area contributed by atoms with Gasteiger partial charge in [-0.1, -0.05) is 13.0 Å². The van der Waals surface area contributed by atoms with Gasteiger partial charge in [0.1, 0.15) is 5.82 Å².